The molecule has 0 aliphatic rings. The normalized spacial score (nSPS) is 12.5. The van der Waals surface area contributed by atoms with Crippen LogP contribution in [0.5, 0.6) is 0 Å². The van der Waals surface area contributed by atoms with Crippen molar-refractivity contribution in [1.82, 2.24) is 0 Å². The molecule has 0 aliphatic carbocycles. The molecule has 14 heavy (non-hydrogen) atoms. The van der Waals surface area contributed by atoms with Crippen LogP contribution in [0.25, 0.3) is 0 Å². The van der Waals surface area contributed by atoms with Crippen molar-refractivity contribution in [3.05, 3.63) is 34.6 Å². The Kier molecular flexibility index (Phi) is 3.43. The van der Waals surface area contributed by atoms with E-state index in [9.17, 15) is 9.18 Å². The van der Waals surface area contributed by atoms with Gasteiger partial charge in [-0.15, -0.1) is 0 Å². The maximum atomic E-state index is 13.1. The molecule has 0 aliphatic heterocycles. The molecule has 0 radical (unpaired) electrons. The average Bonchev–Trinajstić information content (AvgIpc) is 2.11. The highest BCUT2D eigenvalue weighted by atomic mass is 35.5. The second-order valence-corrected chi connectivity index (χ2v) is 3.26. The van der Waals surface area contributed by atoms with E-state index in [2.05, 4.69) is 0 Å². The molecule has 0 unspecified atom stereocenters. The SMILES string of the molecule is N[C@@H](Cc1c(F)cccc1Cl)C(=O)O. The topological polar surface area (TPSA) is 63.3 Å². The van der Waals surface area contributed by atoms with Crippen molar-refractivity contribution in [3.8, 4) is 0 Å². The van der Waals surface area contributed by atoms with Crippen molar-refractivity contribution in [2.45, 2.75) is 12.5 Å². The van der Waals surface area contributed by atoms with Gasteiger partial charge in [-0.25, -0.2) is 4.39 Å². The van der Waals surface area contributed by atoms with Crippen molar-refractivity contribution in [3.63, 3.8) is 0 Å². The van der Waals surface area contributed by atoms with E-state index < -0.39 is 17.8 Å². The second kappa shape index (κ2) is 4.39. The highest BCUT2D eigenvalue weighted by molar-refractivity contribution is 6.31. The Bertz CT molecular complexity index is 336. The zero-order valence-electron chi connectivity index (χ0n) is 7.21. The fourth-order valence-electron chi connectivity index (χ4n) is 1.03. The first-order chi connectivity index (χ1) is 6.52. The second-order valence-electron chi connectivity index (χ2n) is 2.85. The van der Waals surface area contributed by atoms with Crippen LogP contribution in [0, 0.1) is 5.82 Å². The molecule has 0 saturated heterocycles. The molecule has 5 heteroatoms. The molecule has 0 amide bonds. The van der Waals surface area contributed by atoms with Gasteiger partial charge in [0.25, 0.3) is 0 Å². The highest BCUT2D eigenvalue weighted by Crippen LogP contribution is 2.20. The van der Waals surface area contributed by atoms with Crippen LogP contribution in [0.4, 0.5) is 4.39 Å². The fourth-order valence-corrected chi connectivity index (χ4v) is 1.27. The maximum absolute atomic E-state index is 13.1. The van der Waals surface area contributed by atoms with Crippen LogP contribution in [0.1, 0.15) is 5.56 Å². The van der Waals surface area contributed by atoms with Gasteiger partial charge >= 0.3 is 5.97 Å². The van der Waals surface area contributed by atoms with Crippen LogP contribution in [0.2, 0.25) is 5.02 Å². The predicted molar refractivity (Wildman–Crippen MR) is 50.7 cm³/mol. The van der Waals surface area contributed by atoms with Crippen molar-refractivity contribution >= 4 is 17.6 Å². The van der Waals surface area contributed by atoms with E-state index in [0.717, 1.165) is 0 Å². The summed E-state index contributed by atoms with van der Waals surface area (Å²) in [4.78, 5) is 10.4. The molecule has 3 N–H and O–H groups in total. The monoisotopic (exact) mass is 217 g/mol. The molecule has 1 aromatic rings. The number of rotatable bonds is 3. The number of hydrogen-bond acceptors (Lipinski definition) is 2. The molecule has 1 rings (SSSR count). The average molecular weight is 218 g/mol. The van der Waals surface area contributed by atoms with Gasteiger partial charge in [0.2, 0.25) is 0 Å². The molecule has 0 fully saturated rings. The van der Waals surface area contributed by atoms with Crippen LogP contribution >= 0.6 is 11.6 Å². The molecule has 0 heterocycles. The molecule has 1 aromatic carbocycles. The third-order valence-electron chi connectivity index (χ3n) is 1.80. The quantitative estimate of drug-likeness (QED) is 0.805. The van der Waals surface area contributed by atoms with Gasteiger partial charge in [0.15, 0.2) is 0 Å². The number of hydrogen-bond donors (Lipinski definition) is 2. The Morgan fingerprint density at radius 3 is 2.79 bits per heavy atom. The lowest BCUT2D eigenvalue weighted by Crippen LogP contribution is -2.32. The summed E-state index contributed by atoms with van der Waals surface area (Å²) in [7, 11) is 0. The van der Waals surface area contributed by atoms with Gasteiger partial charge in [-0.2, -0.15) is 0 Å². The Labute approximate surface area is 85.3 Å². The number of benzene rings is 1. The van der Waals surface area contributed by atoms with Gasteiger partial charge in [-0.1, -0.05) is 17.7 Å². The number of carboxylic acid groups (broad SMARTS) is 1. The van der Waals surface area contributed by atoms with Crippen LogP contribution in [0.15, 0.2) is 18.2 Å². The van der Waals surface area contributed by atoms with Gasteiger partial charge in [-0.05, 0) is 12.1 Å². The Balaban J connectivity index is 2.91. The first-order valence-electron chi connectivity index (χ1n) is 3.93. The van der Waals surface area contributed by atoms with Crippen molar-refractivity contribution in [2.75, 3.05) is 0 Å². The lowest BCUT2D eigenvalue weighted by atomic mass is 10.1. The van der Waals surface area contributed by atoms with Crippen LogP contribution < -0.4 is 5.73 Å². The number of carbonyl (C=O) groups is 1. The van der Waals surface area contributed by atoms with Gasteiger partial charge in [0.1, 0.15) is 11.9 Å². The lowest BCUT2D eigenvalue weighted by Gasteiger charge is -2.08. The Hall–Kier alpha value is -1.13. The zero-order chi connectivity index (χ0) is 10.7. The van der Waals surface area contributed by atoms with Gasteiger partial charge in [0.05, 0.1) is 0 Å². The van der Waals surface area contributed by atoms with Crippen molar-refractivity contribution < 1.29 is 14.3 Å². The summed E-state index contributed by atoms with van der Waals surface area (Å²) in [6.45, 7) is 0. The molecule has 0 spiro atoms. The van der Waals surface area contributed by atoms with E-state index in [0.29, 0.717) is 0 Å². The third-order valence-corrected chi connectivity index (χ3v) is 2.16. The number of carboxylic acids is 1. The third kappa shape index (κ3) is 2.43. The zero-order valence-corrected chi connectivity index (χ0v) is 7.96. The van der Waals surface area contributed by atoms with E-state index in [1.165, 1.54) is 18.2 Å². The summed E-state index contributed by atoms with van der Waals surface area (Å²) in [5.74, 6) is -1.71. The summed E-state index contributed by atoms with van der Waals surface area (Å²) in [5, 5.41) is 8.73. The van der Waals surface area contributed by atoms with Crippen LogP contribution in [-0.2, 0) is 11.2 Å². The van der Waals surface area contributed by atoms with Crippen LogP contribution in [0.3, 0.4) is 0 Å². The van der Waals surface area contributed by atoms with E-state index in [4.69, 9.17) is 22.4 Å². The molecule has 0 bridgehead atoms. The fraction of sp³-hybridized carbons (Fsp3) is 0.222. The summed E-state index contributed by atoms with van der Waals surface area (Å²) in [5.41, 5.74) is 5.40. The minimum absolute atomic E-state index is 0.110. The van der Waals surface area contributed by atoms with E-state index in [1.54, 1.807) is 0 Å². The molecule has 3 nitrogen and oxygen atoms in total. The first kappa shape index (κ1) is 10.9. The Morgan fingerprint density at radius 1 is 1.64 bits per heavy atom. The number of aliphatic carboxylic acids is 1. The summed E-state index contributed by atoms with van der Waals surface area (Å²) < 4.78 is 13.1. The standard InChI is InChI=1S/C9H9ClFNO2/c10-6-2-1-3-7(11)5(6)4-8(12)9(13)14/h1-3,8H,4,12H2,(H,13,14)/t8-/m0/s1. The first-order valence-corrected chi connectivity index (χ1v) is 4.31. The van der Waals surface area contributed by atoms with Crippen molar-refractivity contribution in [2.24, 2.45) is 5.73 Å². The Morgan fingerprint density at radius 2 is 2.29 bits per heavy atom. The predicted octanol–water partition coefficient (Wildman–Crippen LogP) is 1.43. The van der Waals surface area contributed by atoms with Gasteiger partial charge < -0.3 is 10.8 Å². The molecule has 0 saturated carbocycles. The minimum atomic E-state index is -1.18. The number of halogens is 2. The van der Waals surface area contributed by atoms with E-state index in [-0.39, 0.29) is 17.0 Å². The van der Waals surface area contributed by atoms with E-state index in [1.807, 2.05) is 0 Å². The van der Waals surface area contributed by atoms with E-state index >= 15 is 0 Å². The van der Waals surface area contributed by atoms with Crippen LogP contribution in [-0.4, -0.2) is 17.1 Å². The van der Waals surface area contributed by atoms with Gasteiger partial charge in [-0.3, -0.25) is 4.79 Å². The number of nitrogens with two attached hydrogens (primary N) is 1. The summed E-state index contributed by atoms with van der Waals surface area (Å²) in [6.07, 6.45) is -0.110. The smallest absolute Gasteiger partial charge is 0.320 e. The van der Waals surface area contributed by atoms with Crippen molar-refractivity contribution in [1.29, 1.82) is 0 Å². The molecule has 0 aromatic heterocycles. The van der Waals surface area contributed by atoms with Gasteiger partial charge in [0, 0.05) is 17.0 Å². The maximum Gasteiger partial charge on any atom is 0.320 e. The summed E-state index contributed by atoms with van der Waals surface area (Å²) >= 11 is 5.69. The highest BCUT2D eigenvalue weighted by Gasteiger charge is 2.16. The minimum Gasteiger partial charge on any atom is -0.480 e. The largest absolute Gasteiger partial charge is 0.480 e. The lowest BCUT2D eigenvalue weighted by molar-refractivity contribution is -0.138. The summed E-state index contributed by atoms with van der Waals surface area (Å²) in [6, 6.07) is 3.03. The molecular weight excluding hydrogens is 209 g/mol. The molecular formula is C9H9ClFNO2. The molecule has 76 valence electrons. The molecule has 1 atom stereocenters.